The number of carbonyl (C=O) groups is 1. The minimum absolute atomic E-state index is 0.144. The Morgan fingerprint density at radius 1 is 1.22 bits per heavy atom. The first kappa shape index (κ1) is 22.0. The second kappa shape index (κ2) is 8.41. The summed E-state index contributed by atoms with van der Waals surface area (Å²) in [5.74, 6) is 1.15. The second-order valence-electron chi connectivity index (χ2n) is 8.63. The van der Waals surface area contributed by atoms with Gasteiger partial charge in [0.1, 0.15) is 5.82 Å². The van der Waals surface area contributed by atoms with E-state index in [0.717, 1.165) is 36.1 Å². The number of amides is 1. The molecule has 0 unspecified atom stereocenters. The lowest BCUT2D eigenvalue weighted by Gasteiger charge is -2.26. The predicted octanol–water partition coefficient (Wildman–Crippen LogP) is 5.23. The molecule has 4 rings (SSSR count). The van der Waals surface area contributed by atoms with E-state index >= 15 is 0 Å². The minimum Gasteiger partial charge on any atom is -0.383 e. The van der Waals surface area contributed by atoms with Gasteiger partial charge in [-0.2, -0.15) is 13.2 Å². The van der Waals surface area contributed by atoms with Crippen molar-refractivity contribution in [3.63, 3.8) is 0 Å². The maximum atomic E-state index is 13.4. The Morgan fingerprint density at radius 3 is 2.59 bits per heavy atom. The van der Waals surface area contributed by atoms with E-state index in [2.05, 4.69) is 16.9 Å². The number of nitrogen functional groups attached to an aromatic ring is 1. The SMILES string of the molecule is Cc1cc2cc(C(=O)N(Cc3ccc(C(F)(F)F)cn3)C[C@@H](C)C3CC3)ccc2nc1N. The molecular formula is C24H25F3N4O. The Morgan fingerprint density at radius 2 is 1.97 bits per heavy atom. The summed E-state index contributed by atoms with van der Waals surface area (Å²) in [5.41, 5.74) is 7.52. The maximum Gasteiger partial charge on any atom is 0.417 e. The molecule has 0 bridgehead atoms. The van der Waals surface area contributed by atoms with Crippen LogP contribution in [0.3, 0.4) is 0 Å². The monoisotopic (exact) mass is 442 g/mol. The first-order valence-corrected chi connectivity index (χ1v) is 10.6. The van der Waals surface area contributed by atoms with Crippen molar-refractivity contribution < 1.29 is 18.0 Å². The molecule has 8 heteroatoms. The summed E-state index contributed by atoms with van der Waals surface area (Å²) >= 11 is 0. The number of aromatic nitrogens is 2. The van der Waals surface area contributed by atoms with Crippen molar-refractivity contribution in [2.75, 3.05) is 12.3 Å². The number of halogens is 3. The number of fused-ring (bicyclic) bond motifs is 1. The lowest BCUT2D eigenvalue weighted by Crippen LogP contribution is -2.35. The third-order valence-electron chi connectivity index (χ3n) is 6.02. The largest absolute Gasteiger partial charge is 0.417 e. The summed E-state index contributed by atoms with van der Waals surface area (Å²) in [6, 6.07) is 9.49. The molecular weight excluding hydrogens is 417 g/mol. The van der Waals surface area contributed by atoms with E-state index in [1.165, 1.54) is 6.07 Å². The Hall–Kier alpha value is -3.16. The van der Waals surface area contributed by atoms with Crippen LogP contribution in [-0.2, 0) is 12.7 Å². The molecule has 1 atom stereocenters. The normalized spacial score (nSPS) is 15.0. The zero-order valence-corrected chi connectivity index (χ0v) is 18.0. The molecule has 0 aliphatic heterocycles. The third-order valence-corrected chi connectivity index (χ3v) is 6.02. The van der Waals surface area contributed by atoms with E-state index in [4.69, 9.17) is 5.73 Å². The number of benzene rings is 1. The van der Waals surface area contributed by atoms with E-state index < -0.39 is 11.7 Å². The second-order valence-corrected chi connectivity index (χ2v) is 8.63. The van der Waals surface area contributed by atoms with Crippen LogP contribution in [0.2, 0.25) is 0 Å². The number of alkyl halides is 3. The molecule has 1 aliphatic carbocycles. The number of hydrogen-bond acceptors (Lipinski definition) is 4. The van der Waals surface area contributed by atoms with Gasteiger partial charge in [-0.25, -0.2) is 4.98 Å². The van der Waals surface area contributed by atoms with Gasteiger partial charge in [-0.1, -0.05) is 6.92 Å². The van der Waals surface area contributed by atoms with Gasteiger partial charge in [0.2, 0.25) is 0 Å². The van der Waals surface area contributed by atoms with Crippen LogP contribution < -0.4 is 5.73 Å². The van der Waals surface area contributed by atoms with Gasteiger partial charge in [0, 0.05) is 23.7 Å². The van der Waals surface area contributed by atoms with Crippen LogP contribution in [0.4, 0.5) is 19.0 Å². The fourth-order valence-electron chi connectivity index (χ4n) is 3.88. The molecule has 5 nitrogen and oxygen atoms in total. The Balaban J connectivity index is 1.61. The molecule has 2 N–H and O–H groups in total. The molecule has 168 valence electrons. The first-order valence-electron chi connectivity index (χ1n) is 10.6. The number of nitrogens with two attached hydrogens (primary N) is 1. The van der Waals surface area contributed by atoms with E-state index in [1.807, 2.05) is 13.0 Å². The highest BCUT2D eigenvalue weighted by molar-refractivity contribution is 5.98. The molecule has 2 heterocycles. The topological polar surface area (TPSA) is 72.1 Å². The lowest BCUT2D eigenvalue weighted by atomic mass is 10.0. The smallest absolute Gasteiger partial charge is 0.383 e. The predicted molar refractivity (Wildman–Crippen MR) is 117 cm³/mol. The number of aryl methyl sites for hydroxylation is 1. The van der Waals surface area contributed by atoms with Crippen molar-refractivity contribution in [2.24, 2.45) is 11.8 Å². The van der Waals surface area contributed by atoms with Crippen LogP contribution in [0.1, 0.15) is 46.9 Å². The molecule has 1 amide bonds. The Labute approximate surface area is 184 Å². The van der Waals surface area contributed by atoms with Crippen molar-refractivity contribution in [3.8, 4) is 0 Å². The molecule has 1 aliphatic rings. The summed E-state index contributed by atoms with van der Waals surface area (Å²) < 4.78 is 38.6. The van der Waals surface area contributed by atoms with E-state index in [-0.39, 0.29) is 12.5 Å². The summed E-state index contributed by atoms with van der Waals surface area (Å²) in [7, 11) is 0. The highest BCUT2D eigenvalue weighted by Gasteiger charge is 2.32. The molecule has 0 radical (unpaired) electrons. The molecule has 1 fully saturated rings. The van der Waals surface area contributed by atoms with Gasteiger partial charge in [-0.05, 0) is 73.6 Å². The molecule has 2 aromatic heterocycles. The van der Waals surface area contributed by atoms with Gasteiger partial charge in [0.15, 0.2) is 0 Å². The van der Waals surface area contributed by atoms with Crippen molar-refractivity contribution in [1.82, 2.24) is 14.9 Å². The van der Waals surface area contributed by atoms with Gasteiger partial charge in [-0.15, -0.1) is 0 Å². The average molecular weight is 442 g/mol. The van der Waals surface area contributed by atoms with Gasteiger partial charge >= 0.3 is 6.18 Å². The lowest BCUT2D eigenvalue weighted by molar-refractivity contribution is -0.137. The zero-order chi connectivity index (χ0) is 23.0. The number of nitrogens with zero attached hydrogens (tertiary/aromatic N) is 3. The summed E-state index contributed by atoms with van der Waals surface area (Å²) in [6.07, 6.45) is -1.34. The van der Waals surface area contributed by atoms with Crippen molar-refractivity contribution in [1.29, 1.82) is 0 Å². The molecule has 0 spiro atoms. The van der Waals surface area contributed by atoms with Crippen LogP contribution in [-0.4, -0.2) is 27.3 Å². The Kier molecular flexibility index (Phi) is 5.79. The van der Waals surface area contributed by atoms with Gasteiger partial charge in [0.05, 0.1) is 23.3 Å². The molecule has 0 saturated heterocycles. The summed E-state index contributed by atoms with van der Waals surface area (Å²) in [4.78, 5) is 23.4. The highest BCUT2D eigenvalue weighted by Crippen LogP contribution is 2.37. The van der Waals surface area contributed by atoms with Crippen LogP contribution in [0, 0.1) is 18.8 Å². The number of carbonyl (C=O) groups excluding carboxylic acids is 1. The maximum absolute atomic E-state index is 13.4. The van der Waals surface area contributed by atoms with Gasteiger partial charge < -0.3 is 10.6 Å². The summed E-state index contributed by atoms with van der Waals surface area (Å²) in [5, 5.41) is 0.811. The van der Waals surface area contributed by atoms with E-state index in [1.54, 1.807) is 23.1 Å². The number of rotatable bonds is 6. The molecule has 1 aromatic carbocycles. The minimum atomic E-state index is -4.44. The summed E-state index contributed by atoms with van der Waals surface area (Å²) in [6.45, 7) is 4.62. The quantitative estimate of drug-likeness (QED) is 0.568. The van der Waals surface area contributed by atoms with Crippen LogP contribution >= 0.6 is 0 Å². The van der Waals surface area contributed by atoms with Crippen molar-refractivity contribution in [3.05, 3.63) is 65.0 Å². The van der Waals surface area contributed by atoms with Crippen LogP contribution in [0.25, 0.3) is 10.9 Å². The van der Waals surface area contributed by atoms with Gasteiger partial charge in [-0.3, -0.25) is 9.78 Å². The fraction of sp³-hybridized carbons (Fsp3) is 0.375. The van der Waals surface area contributed by atoms with E-state index in [0.29, 0.717) is 41.0 Å². The standard InChI is InChI=1S/C24H25F3N4O/c1-14-9-18-10-17(5-8-21(18)30-22(14)28)23(32)31(12-15(2)16-3-4-16)13-20-7-6-19(11-29-20)24(25,26)27/h5-11,15-16H,3-4,12-13H2,1-2H3,(H2,28,30)/t15-/m1/s1. The number of pyridine rings is 2. The van der Waals surface area contributed by atoms with Crippen LogP contribution in [0.15, 0.2) is 42.6 Å². The van der Waals surface area contributed by atoms with E-state index in [9.17, 15) is 18.0 Å². The van der Waals surface area contributed by atoms with Crippen LogP contribution in [0.5, 0.6) is 0 Å². The number of hydrogen-bond donors (Lipinski definition) is 1. The van der Waals surface area contributed by atoms with Gasteiger partial charge in [0.25, 0.3) is 5.91 Å². The first-order chi connectivity index (χ1) is 15.1. The molecule has 1 saturated carbocycles. The highest BCUT2D eigenvalue weighted by atomic mass is 19.4. The number of anilines is 1. The van der Waals surface area contributed by atoms with Crippen molar-refractivity contribution in [2.45, 2.75) is 39.4 Å². The zero-order valence-electron chi connectivity index (χ0n) is 18.0. The third kappa shape index (κ3) is 4.84. The van der Waals surface area contributed by atoms with Crippen molar-refractivity contribution >= 4 is 22.6 Å². The molecule has 32 heavy (non-hydrogen) atoms. The average Bonchev–Trinajstić information content (AvgIpc) is 3.58. The molecule has 3 aromatic rings. The fourth-order valence-corrected chi connectivity index (χ4v) is 3.88. The Bertz CT molecular complexity index is 1140.